The molecule has 1 aromatic rings. The quantitative estimate of drug-likeness (QED) is 0.728. The first-order chi connectivity index (χ1) is 6.18. The van der Waals surface area contributed by atoms with Crippen LogP contribution in [0.3, 0.4) is 0 Å². The number of halogens is 1. The Morgan fingerprint density at radius 2 is 2.15 bits per heavy atom. The number of hydrogen-bond acceptors (Lipinski definition) is 1. The van der Waals surface area contributed by atoms with Crippen LogP contribution < -0.4 is 4.90 Å². The third-order valence-corrected chi connectivity index (χ3v) is 3.10. The lowest BCUT2D eigenvalue weighted by Crippen LogP contribution is -2.28. The molecule has 0 atom stereocenters. The summed E-state index contributed by atoms with van der Waals surface area (Å²) >= 11 is 3.51. The summed E-state index contributed by atoms with van der Waals surface area (Å²) in [5.41, 5.74) is 2.89. The van der Waals surface area contributed by atoms with E-state index >= 15 is 0 Å². The van der Waals surface area contributed by atoms with Crippen molar-refractivity contribution in [3.05, 3.63) is 28.2 Å². The lowest BCUT2D eigenvalue weighted by molar-refractivity contribution is 0.710. The minimum Gasteiger partial charge on any atom is -0.369 e. The van der Waals surface area contributed by atoms with Crippen molar-refractivity contribution in [2.24, 2.45) is 0 Å². The molecule has 13 heavy (non-hydrogen) atoms. The second kappa shape index (κ2) is 3.33. The van der Waals surface area contributed by atoms with Gasteiger partial charge in [0.2, 0.25) is 0 Å². The largest absolute Gasteiger partial charge is 0.369 e. The SMILES string of the molecule is CC(C)N1CCc2ccc(Br)cc21. The molecule has 0 amide bonds. The van der Waals surface area contributed by atoms with Gasteiger partial charge in [-0.25, -0.2) is 0 Å². The summed E-state index contributed by atoms with van der Waals surface area (Å²) in [6.45, 7) is 5.66. The molecule has 70 valence electrons. The zero-order valence-electron chi connectivity index (χ0n) is 8.05. The van der Waals surface area contributed by atoms with Gasteiger partial charge in [-0.2, -0.15) is 0 Å². The van der Waals surface area contributed by atoms with Crippen LogP contribution in [0.4, 0.5) is 5.69 Å². The van der Waals surface area contributed by atoms with E-state index in [1.807, 2.05) is 0 Å². The first-order valence-electron chi connectivity index (χ1n) is 4.73. The van der Waals surface area contributed by atoms with E-state index in [9.17, 15) is 0 Å². The molecule has 0 spiro atoms. The molecule has 0 N–H and O–H groups in total. The Labute approximate surface area is 87.9 Å². The van der Waals surface area contributed by atoms with Crippen molar-refractivity contribution >= 4 is 21.6 Å². The molecule has 1 aliphatic heterocycles. The topological polar surface area (TPSA) is 3.24 Å². The average molecular weight is 240 g/mol. The number of anilines is 1. The van der Waals surface area contributed by atoms with Crippen LogP contribution in [-0.4, -0.2) is 12.6 Å². The molecule has 1 aliphatic rings. The highest BCUT2D eigenvalue weighted by atomic mass is 79.9. The van der Waals surface area contributed by atoms with Gasteiger partial charge >= 0.3 is 0 Å². The monoisotopic (exact) mass is 239 g/mol. The average Bonchev–Trinajstić information content (AvgIpc) is 2.46. The Hall–Kier alpha value is -0.500. The molecule has 0 unspecified atom stereocenters. The molecule has 1 aromatic carbocycles. The van der Waals surface area contributed by atoms with Crippen LogP contribution in [0.15, 0.2) is 22.7 Å². The summed E-state index contributed by atoms with van der Waals surface area (Å²) in [5, 5.41) is 0. The van der Waals surface area contributed by atoms with E-state index in [1.54, 1.807) is 0 Å². The van der Waals surface area contributed by atoms with E-state index in [2.05, 4.69) is 52.9 Å². The van der Waals surface area contributed by atoms with E-state index in [0.717, 1.165) is 0 Å². The fraction of sp³-hybridized carbons (Fsp3) is 0.455. The molecule has 2 heteroatoms. The van der Waals surface area contributed by atoms with Crippen LogP contribution in [-0.2, 0) is 6.42 Å². The van der Waals surface area contributed by atoms with Crippen molar-refractivity contribution in [2.75, 3.05) is 11.4 Å². The Balaban J connectivity index is 2.40. The van der Waals surface area contributed by atoms with Gasteiger partial charge in [0.15, 0.2) is 0 Å². The molecule has 0 bridgehead atoms. The number of rotatable bonds is 1. The maximum absolute atomic E-state index is 3.51. The van der Waals surface area contributed by atoms with Crippen molar-refractivity contribution in [1.82, 2.24) is 0 Å². The Bertz CT molecular complexity index is 320. The maximum Gasteiger partial charge on any atom is 0.0413 e. The smallest absolute Gasteiger partial charge is 0.0413 e. The van der Waals surface area contributed by atoms with Gasteiger partial charge in [-0.05, 0) is 38.0 Å². The zero-order valence-corrected chi connectivity index (χ0v) is 9.63. The summed E-state index contributed by atoms with van der Waals surface area (Å²) in [7, 11) is 0. The number of nitrogens with zero attached hydrogens (tertiary/aromatic N) is 1. The number of fused-ring (bicyclic) bond motifs is 1. The van der Waals surface area contributed by atoms with Gasteiger partial charge in [0.25, 0.3) is 0 Å². The molecular formula is C11H14BrN. The third-order valence-electron chi connectivity index (χ3n) is 2.60. The standard InChI is InChI=1S/C11H14BrN/c1-8(2)13-6-5-9-3-4-10(12)7-11(9)13/h3-4,7-8H,5-6H2,1-2H3. The van der Waals surface area contributed by atoms with Crippen LogP contribution in [0, 0.1) is 0 Å². The van der Waals surface area contributed by atoms with Gasteiger partial charge in [0.1, 0.15) is 0 Å². The summed E-state index contributed by atoms with van der Waals surface area (Å²) in [4.78, 5) is 2.46. The van der Waals surface area contributed by atoms with E-state index in [4.69, 9.17) is 0 Å². The van der Waals surface area contributed by atoms with E-state index in [1.165, 1.54) is 28.7 Å². The van der Waals surface area contributed by atoms with Gasteiger partial charge in [0.05, 0.1) is 0 Å². The maximum atomic E-state index is 3.51. The summed E-state index contributed by atoms with van der Waals surface area (Å²) in [6, 6.07) is 7.18. The van der Waals surface area contributed by atoms with Gasteiger partial charge < -0.3 is 4.90 Å². The van der Waals surface area contributed by atoms with Crippen LogP contribution in [0.25, 0.3) is 0 Å². The Kier molecular flexibility index (Phi) is 2.33. The van der Waals surface area contributed by atoms with Gasteiger partial charge in [0, 0.05) is 22.7 Å². The summed E-state index contributed by atoms with van der Waals surface area (Å²) < 4.78 is 1.18. The highest BCUT2D eigenvalue weighted by Crippen LogP contribution is 2.31. The molecule has 0 saturated carbocycles. The number of hydrogen-bond donors (Lipinski definition) is 0. The summed E-state index contributed by atoms with van der Waals surface area (Å²) in [6.07, 6.45) is 1.20. The molecule has 0 fully saturated rings. The fourth-order valence-corrected chi connectivity index (χ4v) is 2.26. The molecular weight excluding hydrogens is 226 g/mol. The first-order valence-corrected chi connectivity index (χ1v) is 5.53. The second-order valence-electron chi connectivity index (χ2n) is 3.81. The van der Waals surface area contributed by atoms with Gasteiger partial charge in [-0.1, -0.05) is 22.0 Å². The predicted octanol–water partition coefficient (Wildman–Crippen LogP) is 3.22. The second-order valence-corrected chi connectivity index (χ2v) is 4.73. The minimum atomic E-state index is 0.607. The molecule has 1 nitrogen and oxygen atoms in total. The van der Waals surface area contributed by atoms with Crippen molar-refractivity contribution < 1.29 is 0 Å². The summed E-state index contributed by atoms with van der Waals surface area (Å²) in [5.74, 6) is 0. The molecule has 0 radical (unpaired) electrons. The van der Waals surface area contributed by atoms with Crippen LogP contribution in [0.5, 0.6) is 0 Å². The highest BCUT2D eigenvalue weighted by molar-refractivity contribution is 9.10. The van der Waals surface area contributed by atoms with Crippen LogP contribution >= 0.6 is 15.9 Å². The van der Waals surface area contributed by atoms with Gasteiger partial charge in [-0.15, -0.1) is 0 Å². The first kappa shape index (κ1) is 9.07. The molecule has 0 aromatic heterocycles. The predicted molar refractivity (Wildman–Crippen MR) is 60.3 cm³/mol. The zero-order chi connectivity index (χ0) is 9.42. The Morgan fingerprint density at radius 3 is 2.85 bits per heavy atom. The Morgan fingerprint density at radius 1 is 1.38 bits per heavy atom. The van der Waals surface area contributed by atoms with Crippen molar-refractivity contribution in [3.8, 4) is 0 Å². The number of benzene rings is 1. The lowest BCUT2D eigenvalue weighted by atomic mass is 10.2. The van der Waals surface area contributed by atoms with Crippen molar-refractivity contribution in [1.29, 1.82) is 0 Å². The lowest BCUT2D eigenvalue weighted by Gasteiger charge is -2.23. The highest BCUT2D eigenvalue weighted by Gasteiger charge is 2.20. The van der Waals surface area contributed by atoms with Crippen molar-refractivity contribution in [2.45, 2.75) is 26.3 Å². The molecule has 0 saturated heterocycles. The van der Waals surface area contributed by atoms with E-state index < -0.39 is 0 Å². The van der Waals surface area contributed by atoms with E-state index in [-0.39, 0.29) is 0 Å². The molecule has 1 heterocycles. The molecule has 2 rings (SSSR count). The van der Waals surface area contributed by atoms with Crippen molar-refractivity contribution in [3.63, 3.8) is 0 Å². The van der Waals surface area contributed by atoms with Gasteiger partial charge in [-0.3, -0.25) is 0 Å². The fourth-order valence-electron chi connectivity index (χ4n) is 1.91. The minimum absolute atomic E-state index is 0.607. The third kappa shape index (κ3) is 1.60. The van der Waals surface area contributed by atoms with E-state index in [0.29, 0.717) is 6.04 Å². The normalized spacial score (nSPS) is 15.2. The van der Waals surface area contributed by atoms with Crippen LogP contribution in [0.2, 0.25) is 0 Å². The molecule has 0 aliphatic carbocycles. The van der Waals surface area contributed by atoms with Crippen LogP contribution in [0.1, 0.15) is 19.4 Å².